The summed E-state index contributed by atoms with van der Waals surface area (Å²) < 4.78 is 0. The van der Waals surface area contributed by atoms with Gasteiger partial charge in [-0.05, 0) is 5.92 Å². The second kappa shape index (κ2) is 12.3. The summed E-state index contributed by atoms with van der Waals surface area (Å²) in [7, 11) is 0. The molecule has 3 rings (SSSR count). The Balaban J connectivity index is 0.000000355. The third-order valence-corrected chi connectivity index (χ3v) is 5.91. The Kier molecular flexibility index (Phi) is 11.8. The second-order valence-electron chi connectivity index (χ2n) is 7.21. The number of rotatable bonds is 2. The average molecular weight is 412 g/mol. The topological polar surface area (TPSA) is 38.7 Å². The van der Waals surface area contributed by atoms with Gasteiger partial charge in [-0.25, -0.2) is 9.97 Å². The Bertz CT molecular complexity index is 612. The average Bonchev–Trinajstić information content (AvgIpc) is 3.28. The van der Waals surface area contributed by atoms with Gasteiger partial charge in [-0.3, -0.25) is 4.98 Å². The highest BCUT2D eigenvalue weighted by molar-refractivity contribution is 7.09. The molecule has 0 unspecified atom stereocenters. The van der Waals surface area contributed by atoms with Crippen LogP contribution >= 0.6 is 34.0 Å². The van der Waals surface area contributed by atoms with Crippen molar-refractivity contribution in [2.75, 3.05) is 0 Å². The monoisotopic (exact) mass is 411 g/mol. The standard InChI is InChI=1S/C7H11NS.2C6H9NS.CH4/c1-7(2,3)6-4-9-5-8-6;1-5(2)6-3-7-4-8-6;1-5(2)6-7-3-4-8-6;/h4-5H,1-3H3;2*3-5H,1-2H3;1H4. The minimum absolute atomic E-state index is 0. The molecule has 3 nitrogen and oxygen atoms in total. The van der Waals surface area contributed by atoms with Gasteiger partial charge in [0, 0.05) is 39.4 Å². The number of hydrogen-bond acceptors (Lipinski definition) is 6. The highest BCUT2D eigenvalue weighted by Crippen LogP contribution is 2.20. The minimum Gasteiger partial charge on any atom is -0.253 e. The molecule has 0 amide bonds. The van der Waals surface area contributed by atoms with Crippen LogP contribution in [0.25, 0.3) is 0 Å². The van der Waals surface area contributed by atoms with E-state index in [1.165, 1.54) is 15.6 Å². The van der Waals surface area contributed by atoms with Crippen LogP contribution in [0.1, 0.15) is 83.3 Å². The van der Waals surface area contributed by atoms with E-state index in [2.05, 4.69) is 68.8 Å². The molecule has 3 aromatic rings. The van der Waals surface area contributed by atoms with E-state index in [1.54, 1.807) is 34.0 Å². The van der Waals surface area contributed by atoms with Crippen LogP contribution in [0.4, 0.5) is 0 Å². The molecule has 0 aromatic carbocycles. The summed E-state index contributed by atoms with van der Waals surface area (Å²) in [4.78, 5) is 13.7. The van der Waals surface area contributed by atoms with Crippen LogP contribution in [0.5, 0.6) is 0 Å². The quantitative estimate of drug-likeness (QED) is 0.435. The first-order valence-electron chi connectivity index (χ1n) is 8.38. The van der Waals surface area contributed by atoms with Crippen molar-refractivity contribution in [1.29, 1.82) is 0 Å². The van der Waals surface area contributed by atoms with E-state index in [0.717, 1.165) is 0 Å². The fourth-order valence-electron chi connectivity index (χ4n) is 1.61. The van der Waals surface area contributed by atoms with Crippen LogP contribution in [0.3, 0.4) is 0 Å². The molecule has 0 aliphatic rings. The van der Waals surface area contributed by atoms with Gasteiger partial charge in [0.1, 0.15) is 0 Å². The van der Waals surface area contributed by atoms with Crippen molar-refractivity contribution in [1.82, 2.24) is 15.0 Å². The first-order chi connectivity index (χ1) is 11.7. The predicted molar refractivity (Wildman–Crippen MR) is 120 cm³/mol. The summed E-state index contributed by atoms with van der Waals surface area (Å²) in [6, 6.07) is 0. The van der Waals surface area contributed by atoms with Gasteiger partial charge in [0.15, 0.2) is 0 Å². The molecule has 146 valence electrons. The molecule has 3 aromatic heterocycles. The highest BCUT2D eigenvalue weighted by atomic mass is 32.1. The maximum absolute atomic E-state index is 4.21. The zero-order valence-electron chi connectivity index (χ0n) is 16.2. The lowest BCUT2D eigenvalue weighted by Gasteiger charge is -2.13. The van der Waals surface area contributed by atoms with Gasteiger partial charge >= 0.3 is 0 Å². The molecule has 0 fully saturated rings. The van der Waals surface area contributed by atoms with Crippen molar-refractivity contribution in [2.24, 2.45) is 0 Å². The Morgan fingerprint density at radius 2 is 1.62 bits per heavy atom. The first kappa shape index (κ1) is 24.9. The largest absolute Gasteiger partial charge is 0.253 e. The summed E-state index contributed by atoms with van der Waals surface area (Å²) in [6.45, 7) is 15.2. The van der Waals surface area contributed by atoms with Crippen LogP contribution < -0.4 is 0 Å². The Morgan fingerprint density at radius 3 is 1.85 bits per heavy atom. The third kappa shape index (κ3) is 9.55. The summed E-state index contributed by atoms with van der Waals surface area (Å²) >= 11 is 5.10. The zero-order valence-corrected chi connectivity index (χ0v) is 18.6. The van der Waals surface area contributed by atoms with E-state index in [-0.39, 0.29) is 12.8 Å². The lowest BCUT2D eigenvalue weighted by Crippen LogP contribution is -2.10. The van der Waals surface area contributed by atoms with Crippen LogP contribution in [0.2, 0.25) is 0 Å². The summed E-state index contributed by atoms with van der Waals surface area (Å²) in [5.74, 6) is 1.23. The number of aromatic nitrogens is 3. The molecule has 6 heteroatoms. The van der Waals surface area contributed by atoms with Gasteiger partial charge in [0.05, 0.1) is 21.7 Å². The van der Waals surface area contributed by atoms with Crippen molar-refractivity contribution in [3.05, 3.63) is 49.8 Å². The first-order valence-corrected chi connectivity index (χ1v) is 11.1. The van der Waals surface area contributed by atoms with Crippen LogP contribution in [-0.4, -0.2) is 15.0 Å². The maximum Gasteiger partial charge on any atom is 0.0950 e. The predicted octanol–water partition coefficient (Wildman–Crippen LogP) is 7.61. The molecule has 0 saturated carbocycles. The molecule has 0 radical (unpaired) electrons. The second-order valence-corrected chi connectivity index (χ2v) is 9.77. The maximum atomic E-state index is 4.21. The van der Waals surface area contributed by atoms with Gasteiger partial charge in [-0.2, -0.15) is 0 Å². The lowest BCUT2D eigenvalue weighted by molar-refractivity contribution is 0.573. The fourth-order valence-corrected chi connectivity index (χ4v) is 3.68. The van der Waals surface area contributed by atoms with Crippen LogP contribution in [0, 0.1) is 0 Å². The minimum atomic E-state index is 0. The molecule has 0 saturated heterocycles. The number of thiazole rings is 3. The van der Waals surface area contributed by atoms with Gasteiger partial charge in [0.2, 0.25) is 0 Å². The molecule has 0 aliphatic heterocycles. The molecule has 0 spiro atoms. The van der Waals surface area contributed by atoms with Crippen LogP contribution in [0.15, 0.2) is 34.2 Å². The van der Waals surface area contributed by atoms with E-state index < -0.39 is 0 Å². The molecule has 3 heterocycles. The van der Waals surface area contributed by atoms with Crippen molar-refractivity contribution in [3.63, 3.8) is 0 Å². The highest BCUT2D eigenvalue weighted by Gasteiger charge is 2.14. The van der Waals surface area contributed by atoms with E-state index in [0.29, 0.717) is 11.8 Å². The molecule has 0 bridgehead atoms. The summed E-state index contributed by atoms with van der Waals surface area (Å²) in [5, 5.41) is 5.33. The molecular weight excluding hydrogens is 378 g/mol. The van der Waals surface area contributed by atoms with Crippen molar-refractivity contribution >= 4 is 34.0 Å². The van der Waals surface area contributed by atoms with Crippen LogP contribution in [-0.2, 0) is 5.41 Å². The third-order valence-electron chi connectivity index (χ3n) is 3.17. The van der Waals surface area contributed by atoms with Crippen molar-refractivity contribution < 1.29 is 0 Å². The van der Waals surface area contributed by atoms with Gasteiger partial charge in [-0.1, -0.05) is 55.9 Å². The van der Waals surface area contributed by atoms with Gasteiger partial charge in [-0.15, -0.1) is 34.0 Å². The SMILES string of the molecule is C.CC(C)(C)c1cscn1.CC(C)c1cncs1.CC(C)c1nccs1. The van der Waals surface area contributed by atoms with Crippen molar-refractivity contribution in [3.8, 4) is 0 Å². The summed E-state index contributed by atoms with van der Waals surface area (Å²) in [5.41, 5.74) is 5.16. The number of nitrogens with zero attached hydrogens (tertiary/aromatic N) is 3. The molecule has 0 N–H and O–H groups in total. The Labute approximate surface area is 171 Å². The fraction of sp³-hybridized carbons (Fsp3) is 0.550. The van der Waals surface area contributed by atoms with Gasteiger partial charge < -0.3 is 0 Å². The zero-order chi connectivity index (χ0) is 18.9. The van der Waals surface area contributed by atoms with E-state index in [1.807, 2.05) is 28.8 Å². The Morgan fingerprint density at radius 1 is 0.923 bits per heavy atom. The lowest BCUT2D eigenvalue weighted by atomic mass is 9.93. The molecular formula is C20H33N3S3. The van der Waals surface area contributed by atoms with E-state index >= 15 is 0 Å². The van der Waals surface area contributed by atoms with E-state index in [4.69, 9.17) is 0 Å². The normalized spacial score (nSPS) is 10.5. The summed E-state index contributed by atoms with van der Waals surface area (Å²) in [6.07, 6.45) is 3.77. The smallest absolute Gasteiger partial charge is 0.0950 e. The van der Waals surface area contributed by atoms with E-state index in [9.17, 15) is 0 Å². The molecule has 26 heavy (non-hydrogen) atoms. The van der Waals surface area contributed by atoms with Crippen molar-refractivity contribution in [2.45, 2.75) is 73.1 Å². The Hall–Kier alpha value is -1.11. The van der Waals surface area contributed by atoms with Gasteiger partial charge in [0.25, 0.3) is 0 Å². The number of hydrogen-bond donors (Lipinski definition) is 0. The molecule has 0 atom stereocenters. The molecule has 0 aliphatic carbocycles.